The fourth-order valence-corrected chi connectivity index (χ4v) is 6.91. The number of hydrogen-bond acceptors (Lipinski definition) is 15. The normalized spacial score (nSPS) is 19.7. The van der Waals surface area contributed by atoms with Crippen molar-refractivity contribution >= 4 is 47.9 Å². The van der Waals surface area contributed by atoms with Crippen molar-refractivity contribution in [3.05, 3.63) is 22.5 Å². The predicted molar refractivity (Wildman–Crippen MR) is 218 cm³/mol. The van der Waals surface area contributed by atoms with Gasteiger partial charge in [0.05, 0.1) is 48.8 Å². The molecule has 4 N–H and O–H groups in total. The van der Waals surface area contributed by atoms with Crippen molar-refractivity contribution in [2.45, 2.75) is 156 Å². The topological polar surface area (TPSA) is 258 Å². The standard InChI is InChI=1S/C20H30N4O6.C15H24N4O4.C5H8O3/c1-7-28-18(27)24-15(21-16(25)13-9-8-10-29-13)12-11-23(17(26)30-19(2,3)4)20(5,6)14(12)22-24;1-7-22-13(21)19-11(16)9-8-18(12(20)23-14(2,3)4)15(5,6)10(9)17-19;6-5(7)4-2-1-3-8-4/h13H,7-11H2,1-6H3,(H,21,25);7-8,16H2,1-6H3;4H,1-3H2,(H,6,7)/t13-;;4-/m1.1/s1. The summed E-state index contributed by atoms with van der Waals surface area (Å²) in [5.41, 5.74) is 5.49. The number of nitrogen functional groups attached to an aromatic ring is 1. The highest BCUT2D eigenvalue weighted by Gasteiger charge is 2.49. The molecule has 0 unspecified atom stereocenters. The lowest BCUT2D eigenvalue weighted by Crippen LogP contribution is -2.44. The second kappa shape index (κ2) is 18.7. The van der Waals surface area contributed by atoms with Crippen LogP contribution in [0.1, 0.15) is 131 Å². The van der Waals surface area contributed by atoms with Gasteiger partial charge < -0.3 is 44.6 Å². The molecule has 2 saturated heterocycles. The van der Waals surface area contributed by atoms with E-state index in [1.54, 1.807) is 39.5 Å². The van der Waals surface area contributed by atoms with Crippen LogP contribution in [-0.4, -0.2) is 121 Å². The van der Waals surface area contributed by atoms with Gasteiger partial charge >= 0.3 is 30.3 Å². The fourth-order valence-electron chi connectivity index (χ4n) is 6.91. The largest absolute Gasteiger partial charge is 0.479 e. The number of carboxylic acid groups (broad SMARTS) is 1. The van der Waals surface area contributed by atoms with E-state index >= 15 is 0 Å². The Hall–Kier alpha value is -5.44. The summed E-state index contributed by atoms with van der Waals surface area (Å²) in [6.45, 7) is 23.4. The highest BCUT2D eigenvalue weighted by molar-refractivity contribution is 5.96. The van der Waals surface area contributed by atoms with Crippen LogP contribution in [0, 0.1) is 0 Å². The van der Waals surface area contributed by atoms with Crippen molar-refractivity contribution in [3.8, 4) is 0 Å². The first-order valence-corrected chi connectivity index (χ1v) is 20.4. The molecule has 2 aromatic rings. The molecule has 61 heavy (non-hydrogen) atoms. The summed E-state index contributed by atoms with van der Waals surface area (Å²) in [5, 5.41) is 19.7. The Labute approximate surface area is 355 Å². The number of rotatable bonds is 5. The van der Waals surface area contributed by atoms with E-state index in [1.807, 2.05) is 48.5 Å². The van der Waals surface area contributed by atoms with Gasteiger partial charge in [0.25, 0.3) is 5.91 Å². The first-order valence-electron chi connectivity index (χ1n) is 20.4. The van der Waals surface area contributed by atoms with Gasteiger partial charge in [0.15, 0.2) is 6.10 Å². The molecule has 2 atom stereocenters. The first kappa shape index (κ1) is 48.2. The van der Waals surface area contributed by atoms with E-state index in [0.29, 0.717) is 48.6 Å². The molecule has 6 heterocycles. The predicted octanol–water partition coefficient (Wildman–Crippen LogP) is 5.70. The maximum absolute atomic E-state index is 12.8. The van der Waals surface area contributed by atoms with Crippen LogP contribution in [0.25, 0.3) is 0 Å². The number of nitrogens with one attached hydrogen (secondary N) is 1. The van der Waals surface area contributed by atoms with Crippen LogP contribution in [0.15, 0.2) is 0 Å². The molecule has 0 aliphatic carbocycles. The fraction of sp³-hybridized carbons (Fsp3) is 0.700. The van der Waals surface area contributed by atoms with E-state index in [1.165, 1.54) is 4.90 Å². The average molecular weight is 863 g/mol. The average Bonchev–Trinajstić information content (AvgIpc) is 3.98. The number of nitrogens with zero attached hydrogens (tertiary/aromatic N) is 6. The van der Waals surface area contributed by atoms with Crippen LogP contribution in [-0.2, 0) is 62.2 Å². The highest BCUT2D eigenvalue weighted by atomic mass is 16.6. The number of carboxylic acids is 1. The molecule has 0 radical (unpaired) electrons. The number of anilines is 2. The summed E-state index contributed by atoms with van der Waals surface area (Å²) in [4.78, 5) is 75.4. The maximum Gasteiger partial charge on any atom is 0.436 e. The minimum absolute atomic E-state index is 0.137. The second-order valence-electron chi connectivity index (χ2n) is 17.7. The van der Waals surface area contributed by atoms with Gasteiger partial charge in [-0.2, -0.15) is 10.2 Å². The molecule has 340 valence electrons. The third-order valence-corrected chi connectivity index (χ3v) is 9.93. The highest BCUT2D eigenvalue weighted by Crippen LogP contribution is 2.43. The van der Waals surface area contributed by atoms with E-state index in [9.17, 15) is 28.8 Å². The van der Waals surface area contributed by atoms with Crippen LogP contribution in [0.2, 0.25) is 0 Å². The van der Waals surface area contributed by atoms with Crippen LogP contribution in [0.3, 0.4) is 0 Å². The summed E-state index contributed by atoms with van der Waals surface area (Å²) in [7, 11) is 0. The summed E-state index contributed by atoms with van der Waals surface area (Å²) in [5.74, 6) is -0.794. The second-order valence-corrected chi connectivity index (χ2v) is 17.7. The number of carbonyl (C=O) groups is 6. The lowest BCUT2D eigenvalue weighted by Gasteiger charge is -2.33. The quantitative estimate of drug-likeness (QED) is 0.305. The van der Waals surface area contributed by atoms with E-state index in [2.05, 4.69) is 15.5 Å². The zero-order valence-electron chi connectivity index (χ0n) is 37.3. The van der Waals surface area contributed by atoms with E-state index < -0.39 is 64.8 Å². The zero-order chi connectivity index (χ0) is 45.8. The Morgan fingerprint density at radius 1 is 0.721 bits per heavy atom. The maximum atomic E-state index is 12.8. The zero-order valence-corrected chi connectivity index (χ0v) is 37.3. The first-order chi connectivity index (χ1) is 28.2. The van der Waals surface area contributed by atoms with Gasteiger partial charge in [-0.25, -0.2) is 24.0 Å². The smallest absolute Gasteiger partial charge is 0.436 e. The molecule has 2 fully saturated rings. The van der Waals surface area contributed by atoms with Crippen LogP contribution in [0.4, 0.5) is 30.8 Å². The monoisotopic (exact) mass is 862 g/mol. The molecule has 0 spiro atoms. The molecule has 0 bridgehead atoms. The summed E-state index contributed by atoms with van der Waals surface area (Å²) < 4.78 is 33.3. The molecular formula is C40H62N8O13. The van der Waals surface area contributed by atoms with Crippen molar-refractivity contribution < 1.29 is 62.3 Å². The molecule has 21 nitrogen and oxygen atoms in total. The molecule has 2 aromatic heterocycles. The van der Waals surface area contributed by atoms with Gasteiger partial charge in [-0.3, -0.25) is 14.6 Å². The van der Waals surface area contributed by atoms with Gasteiger partial charge in [0.2, 0.25) is 0 Å². The summed E-state index contributed by atoms with van der Waals surface area (Å²) in [6, 6.07) is 0. The Morgan fingerprint density at radius 3 is 1.54 bits per heavy atom. The third-order valence-electron chi connectivity index (χ3n) is 9.93. The van der Waals surface area contributed by atoms with E-state index in [4.69, 9.17) is 39.3 Å². The summed E-state index contributed by atoms with van der Waals surface area (Å²) in [6.07, 6.45) is -0.395. The lowest BCUT2D eigenvalue weighted by atomic mass is 10.0. The molecule has 3 amide bonds. The van der Waals surface area contributed by atoms with Gasteiger partial charge in [-0.05, 0) is 109 Å². The van der Waals surface area contributed by atoms with Gasteiger partial charge in [-0.15, -0.1) is 9.36 Å². The van der Waals surface area contributed by atoms with Crippen LogP contribution >= 0.6 is 0 Å². The van der Waals surface area contributed by atoms with Crippen LogP contribution < -0.4 is 11.1 Å². The van der Waals surface area contributed by atoms with Crippen molar-refractivity contribution in [2.75, 3.05) is 37.5 Å². The van der Waals surface area contributed by atoms with Crippen molar-refractivity contribution in [2.24, 2.45) is 0 Å². The number of ether oxygens (including phenoxy) is 6. The van der Waals surface area contributed by atoms with Gasteiger partial charge in [0, 0.05) is 24.3 Å². The molecule has 21 heteroatoms. The van der Waals surface area contributed by atoms with E-state index in [-0.39, 0.29) is 43.8 Å². The molecule has 0 saturated carbocycles. The Balaban J connectivity index is 0.000000232. The number of amides is 3. The molecule has 4 aliphatic heterocycles. The molecule has 0 aromatic carbocycles. The Morgan fingerprint density at radius 2 is 1.15 bits per heavy atom. The molecular weight excluding hydrogens is 800 g/mol. The number of nitrogens with two attached hydrogens (primary N) is 1. The minimum Gasteiger partial charge on any atom is -0.479 e. The van der Waals surface area contributed by atoms with Crippen LogP contribution in [0.5, 0.6) is 0 Å². The van der Waals surface area contributed by atoms with Gasteiger partial charge in [-0.1, -0.05) is 0 Å². The number of aromatic nitrogens is 4. The Kier molecular flexibility index (Phi) is 14.8. The lowest BCUT2D eigenvalue weighted by molar-refractivity contribution is -0.147. The van der Waals surface area contributed by atoms with Crippen molar-refractivity contribution in [1.29, 1.82) is 0 Å². The number of fused-ring (bicyclic) bond motifs is 2. The van der Waals surface area contributed by atoms with Gasteiger partial charge in [0.1, 0.15) is 28.9 Å². The van der Waals surface area contributed by atoms with Crippen molar-refractivity contribution in [3.63, 3.8) is 0 Å². The SMILES string of the molecule is CCOC(=O)n1nc2c(c1N)CN(C(=O)OC(C)(C)C)C2(C)C.CCOC(=O)n1nc2c(c1NC(=O)[C@H]1CCCO1)CN(C(=O)OC(C)(C)C)C2(C)C.O=C(O)[C@H]1CCCO1. The number of aliphatic carboxylic acids is 1. The number of carbonyl (C=O) groups excluding carboxylic acids is 5. The number of hydrogen-bond donors (Lipinski definition) is 3. The van der Waals surface area contributed by atoms with Crippen molar-refractivity contribution in [1.82, 2.24) is 29.4 Å². The third kappa shape index (κ3) is 11.1. The molecule has 6 rings (SSSR count). The summed E-state index contributed by atoms with van der Waals surface area (Å²) >= 11 is 0. The van der Waals surface area contributed by atoms with E-state index in [0.717, 1.165) is 22.2 Å². The molecule has 4 aliphatic rings. The Bertz CT molecular complexity index is 1960. The minimum atomic E-state index is -0.848.